The van der Waals surface area contributed by atoms with Crippen LogP contribution in [-0.4, -0.2) is 45.3 Å². The number of aliphatic hydroxyl groups is 3. The molecule has 1 aliphatic heterocycles. The van der Waals surface area contributed by atoms with Gasteiger partial charge in [-0.05, 0) is 106 Å². The van der Waals surface area contributed by atoms with Crippen molar-refractivity contribution in [1.29, 1.82) is 0 Å². The van der Waals surface area contributed by atoms with E-state index in [9.17, 15) is 15.3 Å². The van der Waals surface area contributed by atoms with Crippen molar-refractivity contribution in [1.82, 2.24) is 0 Å². The van der Waals surface area contributed by atoms with Crippen LogP contribution >= 0.6 is 0 Å². The monoisotopic (exact) mass is 444 g/mol. The normalized spacial score (nSPS) is 45.6. The molecule has 4 nitrogen and oxygen atoms in total. The van der Waals surface area contributed by atoms with Gasteiger partial charge in [0.1, 0.15) is 0 Å². The summed E-state index contributed by atoms with van der Waals surface area (Å²) in [6.45, 7) is 13.4. The molecule has 4 fully saturated rings. The van der Waals surface area contributed by atoms with Crippen molar-refractivity contribution in [3.05, 3.63) is 35.5 Å². The van der Waals surface area contributed by atoms with Crippen LogP contribution in [-0.2, 0) is 4.74 Å². The molecule has 0 amide bonds. The molecule has 1 heterocycles. The first-order chi connectivity index (χ1) is 14.9. The average Bonchev–Trinajstić information content (AvgIpc) is 3.22. The molecule has 3 saturated carbocycles. The molecule has 4 heteroatoms. The largest absolute Gasteiger partial charge is 0.393 e. The first-order valence-corrected chi connectivity index (χ1v) is 12.7. The van der Waals surface area contributed by atoms with Crippen molar-refractivity contribution in [2.75, 3.05) is 6.61 Å². The van der Waals surface area contributed by atoms with Crippen LogP contribution < -0.4 is 0 Å². The zero-order valence-electron chi connectivity index (χ0n) is 20.6. The minimum absolute atomic E-state index is 0.105. The van der Waals surface area contributed by atoms with Crippen LogP contribution in [0.4, 0.5) is 0 Å². The van der Waals surface area contributed by atoms with E-state index in [4.69, 9.17) is 4.74 Å². The molecule has 180 valence electrons. The van der Waals surface area contributed by atoms with E-state index in [1.807, 2.05) is 13.8 Å². The van der Waals surface area contributed by atoms with Crippen LogP contribution in [0.25, 0.3) is 0 Å². The summed E-state index contributed by atoms with van der Waals surface area (Å²) in [5.41, 5.74) is 2.77. The van der Waals surface area contributed by atoms with Gasteiger partial charge in [-0.15, -0.1) is 0 Å². The van der Waals surface area contributed by atoms with Crippen molar-refractivity contribution in [3.8, 4) is 0 Å². The summed E-state index contributed by atoms with van der Waals surface area (Å²) in [5, 5.41) is 30.6. The first-order valence-electron chi connectivity index (χ1n) is 12.7. The van der Waals surface area contributed by atoms with Gasteiger partial charge in [0, 0.05) is 6.42 Å². The third-order valence-corrected chi connectivity index (χ3v) is 9.10. The van der Waals surface area contributed by atoms with Crippen molar-refractivity contribution in [2.45, 2.75) is 109 Å². The highest BCUT2D eigenvalue weighted by atomic mass is 16.5. The standard InChI is InChI=1S/C28H44O4/c1-18-21(13-22(29)14-24(18)30)9-8-20-7-6-12-27(4)23(20)10-11-25(27)28(5)16-19(17-32-28)15-26(2,3)31/h8-9,19,22-25,29-31H,1,6-7,10-17H2,2-5H3/b20-8+,21-9-/t19-,22-,23?,24+,25?,27+,28+/m1/s1. The topological polar surface area (TPSA) is 69.9 Å². The Hall–Kier alpha value is -0.940. The highest BCUT2D eigenvalue weighted by molar-refractivity contribution is 5.38. The maximum atomic E-state index is 10.3. The lowest BCUT2D eigenvalue weighted by molar-refractivity contribution is -0.0753. The van der Waals surface area contributed by atoms with E-state index < -0.39 is 17.8 Å². The summed E-state index contributed by atoms with van der Waals surface area (Å²) in [7, 11) is 0. The van der Waals surface area contributed by atoms with Crippen LogP contribution in [0.15, 0.2) is 35.5 Å². The van der Waals surface area contributed by atoms with Gasteiger partial charge in [0.25, 0.3) is 0 Å². The summed E-state index contributed by atoms with van der Waals surface area (Å²) < 4.78 is 6.52. The van der Waals surface area contributed by atoms with E-state index in [-0.39, 0.29) is 11.0 Å². The van der Waals surface area contributed by atoms with Crippen molar-refractivity contribution in [3.63, 3.8) is 0 Å². The first kappa shape index (κ1) is 24.2. The van der Waals surface area contributed by atoms with Gasteiger partial charge in [-0.1, -0.05) is 31.2 Å². The SMILES string of the molecule is C=C1/C(=C\C=C2/CCC[C@@]3(C)C2CCC3[C@]2(C)C[C@@H](CC(C)(C)O)CO2)C[C@@H](O)C[C@@H]1O. The Bertz CT molecular complexity index is 790. The molecule has 3 N–H and O–H groups in total. The number of hydrogen-bond donors (Lipinski definition) is 3. The molecule has 4 rings (SSSR count). The fraction of sp³-hybridized carbons (Fsp3) is 0.786. The molecule has 0 bridgehead atoms. The Kier molecular flexibility index (Phi) is 6.57. The van der Waals surface area contributed by atoms with Gasteiger partial charge in [0.2, 0.25) is 0 Å². The molecule has 7 atom stereocenters. The van der Waals surface area contributed by atoms with Gasteiger partial charge in [0.05, 0.1) is 30.0 Å². The fourth-order valence-corrected chi connectivity index (χ4v) is 7.79. The molecule has 0 spiro atoms. The lowest BCUT2D eigenvalue weighted by Gasteiger charge is -2.47. The second-order valence-electron chi connectivity index (χ2n) is 12.3. The van der Waals surface area contributed by atoms with E-state index in [1.165, 1.54) is 31.3 Å². The maximum Gasteiger partial charge on any atom is 0.0811 e. The van der Waals surface area contributed by atoms with Crippen LogP contribution in [0, 0.1) is 23.2 Å². The van der Waals surface area contributed by atoms with Gasteiger partial charge >= 0.3 is 0 Å². The Morgan fingerprint density at radius 1 is 1.19 bits per heavy atom. The van der Waals surface area contributed by atoms with Crippen LogP contribution in [0.3, 0.4) is 0 Å². The van der Waals surface area contributed by atoms with Gasteiger partial charge in [-0.2, -0.15) is 0 Å². The molecule has 0 aromatic heterocycles. The molecule has 3 aliphatic carbocycles. The number of hydrogen-bond acceptors (Lipinski definition) is 4. The third-order valence-electron chi connectivity index (χ3n) is 9.10. The Balaban J connectivity index is 1.52. The summed E-state index contributed by atoms with van der Waals surface area (Å²) >= 11 is 0. The fourth-order valence-electron chi connectivity index (χ4n) is 7.79. The zero-order valence-corrected chi connectivity index (χ0v) is 20.6. The molecular formula is C28H44O4. The molecule has 32 heavy (non-hydrogen) atoms. The predicted octanol–water partition coefficient (Wildman–Crippen LogP) is 5.08. The number of allylic oxidation sites excluding steroid dienone is 3. The number of fused-ring (bicyclic) bond motifs is 1. The maximum absolute atomic E-state index is 10.3. The lowest BCUT2D eigenvalue weighted by atomic mass is 9.59. The van der Waals surface area contributed by atoms with Gasteiger partial charge in [-0.3, -0.25) is 0 Å². The van der Waals surface area contributed by atoms with Crippen molar-refractivity contribution in [2.24, 2.45) is 23.2 Å². The van der Waals surface area contributed by atoms with Crippen LogP contribution in [0.5, 0.6) is 0 Å². The summed E-state index contributed by atoms with van der Waals surface area (Å²) in [6.07, 6.45) is 12.1. The van der Waals surface area contributed by atoms with Crippen molar-refractivity contribution >= 4 is 0 Å². The van der Waals surface area contributed by atoms with E-state index in [1.54, 1.807) is 0 Å². The van der Waals surface area contributed by atoms with Crippen LogP contribution in [0.2, 0.25) is 0 Å². The molecule has 0 radical (unpaired) electrons. The molecule has 4 aliphatic rings. The minimum atomic E-state index is -0.639. The minimum Gasteiger partial charge on any atom is -0.393 e. The highest BCUT2D eigenvalue weighted by Crippen LogP contribution is 2.62. The lowest BCUT2D eigenvalue weighted by Crippen LogP contribution is -2.45. The zero-order chi connectivity index (χ0) is 23.3. The smallest absolute Gasteiger partial charge is 0.0811 e. The quantitative estimate of drug-likeness (QED) is 0.565. The summed E-state index contributed by atoms with van der Waals surface area (Å²) in [5.74, 6) is 1.54. The Morgan fingerprint density at radius 2 is 1.94 bits per heavy atom. The predicted molar refractivity (Wildman–Crippen MR) is 128 cm³/mol. The average molecular weight is 445 g/mol. The third kappa shape index (κ3) is 4.66. The van der Waals surface area contributed by atoms with E-state index in [0.29, 0.717) is 30.6 Å². The Labute approximate surface area is 194 Å². The van der Waals surface area contributed by atoms with Gasteiger partial charge in [0.15, 0.2) is 0 Å². The van der Waals surface area contributed by atoms with E-state index in [2.05, 4.69) is 32.6 Å². The highest BCUT2D eigenvalue weighted by Gasteiger charge is 2.57. The van der Waals surface area contributed by atoms with Crippen molar-refractivity contribution < 1.29 is 20.1 Å². The summed E-state index contributed by atoms with van der Waals surface area (Å²) in [4.78, 5) is 0. The summed E-state index contributed by atoms with van der Waals surface area (Å²) in [6, 6.07) is 0. The number of aliphatic hydroxyl groups excluding tert-OH is 2. The molecule has 0 aromatic carbocycles. The van der Waals surface area contributed by atoms with Gasteiger partial charge in [-0.25, -0.2) is 0 Å². The number of ether oxygens (including phenoxy) is 1. The Morgan fingerprint density at radius 3 is 2.66 bits per heavy atom. The molecule has 0 aromatic rings. The van der Waals surface area contributed by atoms with E-state index in [0.717, 1.165) is 37.0 Å². The van der Waals surface area contributed by atoms with Crippen LogP contribution in [0.1, 0.15) is 85.5 Å². The second kappa shape index (κ2) is 8.69. The molecular weight excluding hydrogens is 400 g/mol. The van der Waals surface area contributed by atoms with E-state index >= 15 is 0 Å². The second-order valence-corrected chi connectivity index (χ2v) is 12.3. The molecule has 2 unspecified atom stereocenters. The molecule has 1 saturated heterocycles. The number of rotatable bonds is 4. The van der Waals surface area contributed by atoms with Gasteiger partial charge < -0.3 is 20.1 Å².